The summed E-state index contributed by atoms with van der Waals surface area (Å²) in [6.45, 7) is 4.10. The summed E-state index contributed by atoms with van der Waals surface area (Å²) in [5.41, 5.74) is 1.00. The summed E-state index contributed by atoms with van der Waals surface area (Å²) in [5, 5.41) is 2.31. The second kappa shape index (κ2) is 9.40. The normalized spacial score (nSPS) is 18.3. The van der Waals surface area contributed by atoms with Crippen LogP contribution in [0.3, 0.4) is 0 Å². The third-order valence-corrected chi connectivity index (χ3v) is 5.95. The highest BCUT2D eigenvalue weighted by molar-refractivity contribution is 5.88. The molecule has 0 aliphatic carbocycles. The number of fused-ring (bicyclic) bond motifs is 1. The van der Waals surface area contributed by atoms with Crippen LogP contribution in [-0.4, -0.2) is 30.4 Å². The maximum Gasteiger partial charge on any atom is 0.131 e. The van der Waals surface area contributed by atoms with Gasteiger partial charge in [-0.1, -0.05) is 48.5 Å². The molecule has 3 aromatic rings. The molecule has 0 spiro atoms. The minimum absolute atomic E-state index is 0.0107. The number of ketones is 1. The molecule has 0 bridgehead atoms. The smallest absolute Gasteiger partial charge is 0.131 e. The van der Waals surface area contributed by atoms with Crippen LogP contribution in [0.2, 0.25) is 0 Å². The van der Waals surface area contributed by atoms with E-state index in [0.29, 0.717) is 18.9 Å². The molecule has 1 saturated heterocycles. The van der Waals surface area contributed by atoms with E-state index < -0.39 is 0 Å². The highest BCUT2D eigenvalue weighted by Crippen LogP contribution is 2.31. The van der Waals surface area contributed by atoms with Crippen LogP contribution in [0, 0.1) is 11.7 Å². The molecule has 3 nitrogen and oxygen atoms in total. The van der Waals surface area contributed by atoms with Crippen molar-refractivity contribution in [2.45, 2.75) is 32.2 Å². The summed E-state index contributed by atoms with van der Waals surface area (Å²) < 4.78 is 19.6. The van der Waals surface area contributed by atoms with Gasteiger partial charge in [0.25, 0.3) is 0 Å². The number of carbonyl (C=O) groups excluding carboxylic acids is 1. The number of Topliss-reactive ketones (excluding diaryl/α,β-unsaturated/α-hetero) is 1. The van der Waals surface area contributed by atoms with E-state index in [4.69, 9.17) is 4.74 Å². The lowest BCUT2D eigenvalue weighted by atomic mass is 9.93. The second-order valence-electron chi connectivity index (χ2n) is 8.26. The van der Waals surface area contributed by atoms with Gasteiger partial charge in [0.1, 0.15) is 17.3 Å². The largest absolute Gasteiger partial charge is 0.493 e. The lowest BCUT2D eigenvalue weighted by Crippen LogP contribution is -2.40. The molecule has 0 saturated carbocycles. The molecule has 1 aliphatic rings. The van der Waals surface area contributed by atoms with Crippen LogP contribution in [0.5, 0.6) is 5.75 Å². The van der Waals surface area contributed by atoms with E-state index in [1.807, 2.05) is 24.3 Å². The summed E-state index contributed by atoms with van der Waals surface area (Å²) in [6.07, 6.45) is 2.62. The number of rotatable bonds is 7. The summed E-state index contributed by atoms with van der Waals surface area (Å²) in [7, 11) is 0. The lowest BCUT2D eigenvalue weighted by Gasteiger charge is -2.38. The van der Waals surface area contributed by atoms with Gasteiger partial charge < -0.3 is 4.74 Å². The maximum atomic E-state index is 13.4. The van der Waals surface area contributed by atoms with Crippen LogP contribution in [0.25, 0.3) is 10.8 Å². The molecule has 0 radical (unpaired) electrons. The van der Waals surface area contributed by atoms with Crippen LogP contribution < -0.4 is 4.74 Å². The highest BCUT2D eigenvalue weighted by atomic mass is 19.1. The predicted octanol–water partition coefficient (Wildman–Crippen LogP) is 5.79. The molecule has 1 aliphatic heterocycles. The van der Waals surface area contributed by atoms with Gasteiger partial charge in [-0.15, -0.1) is 0 Å². The quantitative estimate of drug-likeness (QED) is 0.498. The number of halogens is 1. The van der Waals surface area contributed by atoms with E-state index in [1.54, 1.807) is 19.1 Å². The Hall–Kier alpha value is -2.72. The topological polar surface area (TPSA) is 29.5 Å². The van der Waals surface area contributed by atoms with E-state index >= 15 is 0 Å². The zero-order valence-corrected chi connectivity index (χ0v) is 17.4. The number of piperidine rings is 1. The second-order valence-corrected chi connectivity index (χ2v) is 8.26. The van der Waals surface area contributed by atoms with Crippen LogP contribution in [0.15, 0.2) is 66.7 Å². The van der Waals surface area contributed by atoms with Gasteiger partial charge in [0.2, 0.25) is 0 Å². The van der Waals surface area contributed by atoms with Gasteiger partial charge in [-0.25, -0.2) is 4.39 Å². The van der Waals surface area contributed by atoms with Crippen molar-refractivity contribution in [3.05, 3.63) is 78.1 Å². The molecule has 0 aromatic heterocycles. The van der Waals surface area contributed by atoms with Gasteiger partial charge >= 0.3 is 0 Å². The van der Waals surface area contributed by atoms with E-state index in [1.165, 1.54) is 17.5 Å². The van der Waals surface area contributed by atoms with Gasteiger partial charge in [-0.3, -0.25) is 9.69 Å². The van der Waals surface area contributed by atoms with Crippen molar-refractivity contribution in [2.75, 3.05) is 19.7 Å². The fraction of sp³-hybridized carbons (Fsp3) is 0.346. The van der Waals surface area contributed by atoms with Crippen LogP contribution in [0.4, 0.5) is 4.39 Å². The zero-order valence-electron chi connectivity index (χ0n) is 17.4. The first-order chi connectivity index (χ1) is 14.6. The van der Waals surface area contributed by atoms with Gasteiger partial charge in [0, 0.05) is 30.3 Å². The molecular formula is C26H28FNO2. The third-order valence-electron chi connectivity index (χ3n) is 5.95. The molecule has 0 N–H and O–H groups in total. The Morgan fingerprint density at radius 2 is 1.87 bits per heavy atom. The molecular weight excluding hydrogens is 377 g/mol. The predicted molar refractivity (Wildman–Crippen MR) is 118 cm³/mol. The maximum absolute atomic E-state index is 13.4. The van der Waals surface area contributed by atoms with E-state index in [0.717, 1.165) is 42.6 Å². The van der Waals surface area contributed by atoms with Gasteiger partial charge in [0.05, 0.1) is 6.61 Å². The van der Waals surface area contributed by atoms with Crippen molar-refractivity contribution in [2.24, 2.45) is 5.92 Å². The molecule has 4 heteroatoms. The molecule has 156 valence electrons. The number of benzene rings is 3. The minimum Gasteiger partial charge on any atom is -0.493 e. The third kappa shape index (κ3) is 4.88. The fourth-order valence-corrected chi connectivity index (χ4v) is 4.46. The Kier molecular flexibility index (Phi) is 6.44. The van der Waals surface area contributed by atoms with Crippen LogP contribution in [0.1, 0.15) is 37.8 Å². The van der Waals surface area contributed by atoms with Crippen molar-refractivity contribution < 1.29 is 13.9 Å². The number of carbonyl (C=O) groups is 1. The average molecular weight is 406 g/mol. The molecule has 30 heavy (non-hydrogen) atoms. The molecule has 1 fully saturated rings. The molecule has 2 atom stereocenters. The van der Waals surface area contributed by atoms with Gasteiger partial charge in [-0.2, -0.15) is 0 Å². The standard InChI is InChI=1S/C26H28FNO2/c1-19(29)16-25(22-11-13-23(27)14-12-22)28-15-5-6-20(17-28)18-30-26-10-4-8-21-7-2-3-9-24(21)26/h2-4,7-14,20,25H,5-6,15-18H2,1H3. The summed E-state index contributed by atoms with van der Waals surface area (Å²) in [6, 6.07) is 21.0. The molecule has 4 rings (SSSR count). The summed E-state index contributed by atoms with van der Waals surface area (Å²) in [4.78, 5) is 14.3. The average Bonchev–Trinajstić information content (AvgIpc) is 2.77. The molecule has 3 aromatic carbocycles. The Labute approximate surface area is 177 Å². The fourth-order valence-electron chi connectivity index (χ4n) is 4.46. The first kappa shape index (κ1) is 20.5. The zero-order chi connectivity index (χ0) is 20.9. The van der Waals surface area contributed by atoms with Gasteiger partial charge in [-0.05, 0) is 55.5 Å². The van der Waals surface area contributed by atoms with Crippen molar-refractivity contribution in [1.82, 2.24) is 4.90 Å². The first-order valence-electron chi connectivity index (χ1n) is 10.7. The van der Waals surface area contributed by atoms with Crippen molar-refractivity contribution in [1.29, 1.82) is 0 Å². The van der Waals surface area contributed by atoms with Gasteiger partial charge in [0.15, 0.2) is 0 Å². The minimum atomic E-state index is -0.250. The Morgan fingerprint density at radius 3 is 2.67 bits per heavy atom. The Morgan fingerprint density at radius 1 is 1.10 bits per heavy atom. The molecule has 1 heterocycles. The van der Waals surface area contributed by atoms with E-state index in [-0.39, 0.29) is 17.6 Å². The number of likely N-dealkylation sites (tertiary alicyclic amines) is 1. The van der Waals surface area contributed by atoms with E-state index in [9.17, 15) is 9.18 Å². The SMILES string of the molecule is CC(=O)CC(c1ccc(F)cc1)N1CCCC(COc2cccc3ccccc23)C1. The first-order valence-corrected chi connectivity index (χ1v) is 10.7. The highest BCUT2D eigenvalue weighted by Gasteiger charge is 2.28. The van der Waals surface area contributed by atoms with Crippen molar-refractivity contribution >= 4 is 16.6 Å². The number of hydrogen-bond donors (Lipinski definition) is 0. The molecule has 0 amide bonds. The van der Waals surface area contributed by atoms with Crippen LogP contribution >= 0.6 is 0 Å². The number of hydrogen-bond acceptors (Lipinski definition) is 3. The lowest BCUT2D eigenvalue weighted by molar-refractivity contribution is -0.118. The number of ether oxygens (including phenoxy) is 1. The number of nitrogens with zero attached hydrogens (tertiary/aromatic N) is 1. The van der Waals surface area contributed by atoms with E-state index in [2.05, 4.69) is 23.1 Å². The van der Waals surface area contributed by atoms with Crippen molar-refractivity contribution in [3.8, 4) is 5.75 Å². The summed E-state index contributed by atoms with van der Waals surface area (Å²) >= 11 is 0. The molecule has 2 unspecified atom stereocenters. The Balaban J connectivity index is 1.46. The summed E-state index contributed by atoms with van der Waals surface area (Å²) in [5.74, 6) is 1.22. The Bertz CT molecular complexity index is 996. The van der Waals surface area contributed by atoms with Crippen molar-refractivity contribution in [3.63, 3.8) is 0 Å². The monoisotopic (exact) mass is 405 g/mol. The van der Waals surface area contributed by atoms with Crippen LogP contribution in [-0.2, 0) is 4.79 Å².